The Balaban J connectivity index is 0.000000830. The molecule has 6 aliphatic carbocycles. The Bertz CT molecular complexity index is 4750. The number of carbonyl (C=O) groups is 10. The fraction of sp³-hybridized carbons (Fsp3) is 0.455. The summed E-state index contributed by atoms with van der Waals surface area (Å²) in [6.45, 7) is 40.9. The van der Waals surface area contributed by atoms with E-state index in [1.807, 2.05) is 262 Å². The van der Waals surface area contributed by atoms with Gasteiger partial charge >= 0.3 is 17.9 Å². The summed E-state index contributed by atoms with van der Waals surface area (Å²) in [6, 6.07) is -0.118. The number of carboxylic acid groups (broad SMARTS) is 3. The van der Waals surface area contributed by atoms with Crippen LogP contribution in [-0.2, 0) is 58.1 Å². The highest BCUT2D eigenvalue weighted by Crippen LogP contribution is 2.23. The molecular formula is C110H160N10O16S. The molecule has 26 nitrogen and oxygen atoms in total. The van der Waals surface area contributed by atoms with Crippen LogP contribution in [0.2, 0.25) is 0 Å². The highest BCUT2D eigenvalue weighted by atomic mass is 32.2. The lowest BCUT2D eigenvalue weighted by Gasteiger charge is -2.35. The first kappa shape index (κ1) is 123. The molecule has 137 heavy (non-hydrogen) atoms. The Hall–Kier alpha value is -12.0. The van der Waals surface area contributed by atoms with E-state index in [9.17, 15) is 56.4 Å². The van der Waals surface area contributed by atoms with Crippen LogP contribution in [0.1, 0.15) is 195 Å². The second kappa shape index (κ2) is 70.6. The van der Waals surface area contributed by atoms with Gasteiger partial charge in [-0.1, -0.05) is 277 Å². The van der Waals surface area contributed by atoms with Gasteiger partial charge in [-0.25, -0.2) is 0 Å². The molecule has 0 heterocycles. The molecule has 0 aromatic heterocycles. The van der Waals surface area contributed by atoms with Crippen LogP contribution in [0.3, 0.4) is 0 Å². The van der Waals surface area contributed by atoms with Crippen molar-refractivity contribution in [2.45, 2.75) is 218 Å². The summed E-state index contributed by atoms with van der Waals surface area (Å²) < 4.78 is 30.8. The quantitative estimate of drug-likeness (QED) is 0.0153. The molecule has 0 spiro atoms. The zero-order valence-electron chi connectivity index (χ0n) is 84.3. The van der Waals surface area contributed by atoms with Crippen LogP contribution in [0.25, 0.3) is 0 Å². The molecule has 0 radical (unpaired) electrons. The smallest absolute Gasteiger partial charge is 0.308 e. The summed E-state index contributed by atoms with van der Waals surface area (Å²) in [6.07, 6.45) is 89.2. The number of hydrogen-bond acceptors (Lipinski definition) is 15. The van der Waals surface area contributed by atoms with E-state index in [0.717, 1.165) is 63.6 Å². The standard InChI is InChI=1S/C24H37N3O4.C20H29NO3.C18H23NO3.C17H26N2O4S.C16H23NO.C15H22N2O/c1-5-6-16-27(17-12-15-21(28)29)23(31)20(26-24(2,3)4)18-25-22(30)19-13-10-8-7-9-11-14-19;1-20(2,3)14-10-16-21(15-9-13-18(22)23)19(24)17-11-7-5-4-6-8-12-17;1-14(2)12-16(18(21)22)13-19-17(20)11-10-15-8-6-4-3-5-7-9-15;1-17(2,3)19(13-14-24(21,22)23)12-11-18-16(20)15-9-7-5-4-6-8-10-15;1-16(2,3)12-9-13-17-15(18)14-10-7-5-4-6-8-11-14;1-13(2)16-11-8-12-17-15(18)14-9-6-4-3-5-7-10-14/h7-11,13-14,20,26H,5-6,12,15-18H2,1-4H3,(H,25,30)(H,28,29);4-8,11-12H,9-10,13-16H2,1-3H3,(H,22,23);3-11,14,16H,12-13H2,1-2H3,(H,19,20)(H,21,22);4-10H,11-14H2,1-3H3,(H,18,20)(H,21,22,23);4-8,10-11H,9,12-13H2,1-3H3,(H,17,18);3-7,9-10,13,16H,8,11-12H2,1-2H3,(H,17,18)/b8-7-,9-7?,10-8?,11-9-,13-10?,14-11?,19-13?,19-14?;5-4-,6-4?,7-5?,8-6-,11-7?,12-8?,17-11?,17-12?;4-3+,5-3?,6-4?,7-5-,8-6+,9-7?,11-10+,15-8?,15-9+;5-4-,6-4?,7-5?,8-6-,9-7?,10-8?,15-9?,15-10?;5-4-,6-4?,7-5?,8-6-,10-7?,11-8?,14-10?,14-11?;4-3-,5-3?,6-4?,7-5-,9-6?,10-7?,14-9?,14-10?. The van der Waals surface area contributed by atoms with Gasteiger partial charge in [0, 0.05) is 136 Å². The number of unbranched alkanes of at least 4 members (excludes halogenated alkanes) is 1. The summed E-state index contributed by atoms with van der Waals surface area (Å²) >= 11 is 0. The Morgan fingerprint density at radius 1 is 0.401 bits per heavy atom. The van der Waals surface area contributed by atoms with Crippen LogP contribution in [0.5, 0.6) is 0 Å². The number of allylic oxidation sites excluding steroid dienone is 39. The topological polar surface area (TPSA) is 380 Å². The first-order chi connectivity index (χ1) is 64.7. The van der Waals surface area contributed by atoms with Crippen LogP contribution >= 0.6 is 0 Å². The Labute approximate surface area is 818 Å². The van der Waals surface area contributed by atoms with Crippen LogP contribution in [0.4, 0.5) is 0 Å². The molecule has 6 rings (SSSR count). The van der Waals surface area contributed by atoms with Gasteiger partial charge in [-0.2, -0.15) is 8.42 Å². The number of rotatable bonds is 44. The summed E-state index contributed by atoms with van der Waals surface area (Å²) in [4.78, 5) is 125. The lowest BCUT2D eigenvalue weighted by molar-refractivity contribution is -0.142. The van der Waals surface area contributed by atoms with E-state index in [0.29, 0.717) is 104 Å². The van der Waals surface area contributed by atoms with Crippen molar-refractivity contribution >= 4 is 69.4 Å². The van der Waals surface area contributed by atoms with E-state index in [4.69, 9.17) is 19.9 Å². The lowest BCUT2D eigenvalue weighted by atomic mass is 9.90. The molecule has 0 fully saturated rings. The van der Waals surface area contributed by atoms with E-state index < -0.39 is 40.0 Å². The third-order valence-corrected chi connectivity index (χ3v) is 20.6. The molecule has 0 aromatic carbocycles. The lowest BCUT2D eigenvalue weighted by Crippen LogP contribution is -2.57. The van der Waals surface area contributed by atoms with E-state index in [1.165, 1.54) is 6.08 Å². The molecule has 0 aliphatic heterocycles. The van der Waals surface area contributed by atoms with E-state index >= 15 is 0 Å². The second-order valence-electron chi connectivity index (χ2n) is 37.9. The highest BCUT2D eigenvalue weighted by Gasteiger charge is 2.30. The number of carboxylic acids is 3. The normalized spacial score (nSPS) is 18.1. The zero-order valence-corrected chi connectivity index (χ0v) is 85.1. The second-order valence-corrected chi connectivity index (χ2v) is 39.5. The molecule has 0 aromatic rings. The molecule has 11 N–H and O–H groups in total. The average Bonchev–Trinajstić information content (AvgIpc) is 0.856. The van der Waals surface area contributed by atoms with Crippen molar-refractivity contribution in [2.75, 3.05) is 84.3 Å². The van der Waals surface area contributed by atoms with Crippen molar-refractivity contribution in [2.24, 2.45) is 22.7 Å². The van der Waals surface area contributed by atoms with E-state index in [1.54, 1.807) is 76.6 Å². The maximum Gasteiger partial charge on any atom is 0.308 e. The highest BCUT2D eigenvalue weighted by molar-refractivity contribution is 7.85. The van der Waals surface area contributed by atoms with Crippen molar-refractivity contribution in [3.63, 3.8) is 0 Å². The van der Waals surface area contributed by atoms with Crippen LogP contribution in [-0.4, -0.2) is 210 Å². The summed E-state index contributed by atoms with van der Waals surface area (Å²) in [7, 11) is -4.01. The number of hydrogen-bond donors (Lipinski definition) is 11. The zero-order chi connectivity index (χ0) is 103. The van der Waals surface area contributed by atoms with Crippen LogP contribution in [0.15, 0.2) is 301 Å². The maximum absolute atomic E-state index is 13.3. The largest absolute Gasteiger partial charge is 0.481 e. The minimum atomic E-state index is -4.01. The molecule has 0 saturated carbocycles. The van der Waals surface area contributed by atoms with Gasteiger partial charge in [0.25, 0.3) is 39.7 Å². The average molecular weight is 1910 g/mol. The van der Waals surface area contributed by atoms with E-state index in [2.05, 4.69) is 92.6 Å². The minimum Gasteiger partial charge on any atom is -0.481 e. The molecule has 2 unspecified atom stereocenters. The summed E-state index contributed by atoms with van der Waals surface area (Å²) in [5.74, 6) is -4.08. The third kappa shape index (κ3) is 67.8. The number of nitrogens with zero attached hydrogens (tertiary/aromatic N) is 3. The Kier molecular flexibility index (Phi) is 63.4. The number of nitrogens with one attached hydrogen (secondary N) is 7. The molecule has 7 amide bonds. The monoisotopic (exact) mass is 1910 g/mol. The van der Waals surface area contributed by atoms with Gasteiger partial charge in [0.2, 0.25) is 11.8 Å². The van der Waals surface area contributed by atoms with Crippen LogP contribution in [0, 0.1) is 22.7 Å². The molecule has 2 atom stereocenters. The predicted octanol–water partition coefficient (Wildman–Crippen LogP) is 17.4. The first-order valence-corrected chi connectivity index (χ1v) is 49.2. The van der Waals surface area contributed by atoms with Crippen molar-refractivity contribution in [1.82, 2.24) is 51.9 Å². The van der Waals surface area contributed by atoms with E-state index in [-0.39, 0.29) is 102 Å². The molecular weight excluding hydrogens is 1750 g/mol. The minimum absolute atomic E-state index is 0.000101. The number of amides is 7. The SMILES string of the molecule is CC(C)(C)CCCN(CCCC(=O)O)C(=O)C1=C/C=C\C=C/C=C1.CC(C)(C)CCCNC(=O)C1=C/C=C\C=C/C=C1.CC(C)(C)N(CCNC(=O)C1=C/C=C\C=C/C=C1)CCS(=O)(=O)O.CC(C)CC(CNC(=O)/C=C/C1=C/C=C\C=C\C=C\1)C(=O)O.CC(C)NCCCNC(=O)C1=C/C=C\C=C/C=C1.CCCCN(CCCC(=O)O)C(=O)C(CNC(=O)C1=C/C=C\C=C/C=C1)NC(C)(C)C. The fourth-order valence-electron chi connectivity index (χ4n) is 12.7. The molecule has 0 bridgehead atoms. The van der Waals surface area contributed by atoms with Gasteiger partial charge in [0.05, 0.1) is 11.7 Å². The molecule has 6 aliphatic rings. The van der Waals surface area contributed by atoms with Crippen molar-refractivity contribution in [3.05, 3.63) is 301 Å². The van der Waals surface area contributed by atoms with Crippen molar-refractivity contribution in [1.29, 1.82) is 0 Å². The maximum atomic E-state index is 13.3. The van der Waals surface area contributed by atoms with Gasteiger partial charge in [-0.3, -0.25) is 62.7 Å². The van der Waals surface area contributed by atoms with Crippen molar-refractivity contribution in [3.8, 4) is 0 Å². The summed E-state index contributed by atoms with van der Waals surface area (Å²) in [5.41, 5.74) is 3.91. The molecule has 0 saturated heterocycles. The van der Waals surface area contributed by atoms with Crippen molar-refractivity contribution < 1.29 is 76.2 Å². The Morgan fingerprint density at radius 2 is 0.781 bits per heavy atom. The number of carbonyl (C=O) groups excluding carboxylic acids is 7. The third-order valence-electron chi connectivity index (χ3n) is 19.9. The predicted molar refractivity (Wildman–Crippen MR) is 559 cm³/mol. The van der Waals surface area contributed by atoms with Gasteiger partial charge in [-0.05, 0) is 195 Å². The van der Waals surface area contributed by atoms with Gasteiger partial charge < -0.3 is 57.0 Å². The van der Waals surface area contributed by atoms with Gasteiger partial charge in [0.1, 0.15) is 6.04 Å². The summed E-state index contributed by atoms with van der Waals surface area (Å²) in [5, 5.41) is 47.7. The van der Waals surface area contributed by atoms with Gasteiger partial charge in [0.15, 0.2) is 0 Å². The number of aliphatic carboxylic acids is 3. The Morgan fingerprint density at radius 3 is 1.19 bits per heavy atom. The molecule has 752 valence electrons. The molecule has 27 heteroatoms. The van der Waals surface area contributed by atoms with Crippen LogP contribution < -0.4 is 37.2 Å². The van der Waals surface area contributed by atoms with Gasteiger partial charge in [-0.15, -0.1) is 0 Å². The fourth-order valence-corrected chi connectivity index (χ4v) is 13.2. The first-order valence-electron chi connectivity index (χ1n) is 47.5.